The van der Waals surface area contributed by atoms with E-state index >= 15 is 0 Å². The van der Waals surface area contributed by atoms with Gasteiger partial charge in [0, 0.05) is 5.69 Å². The molecule has 0 atom stereocenters. The van der Waals surface area contributed by atoms with Crippen LogP contribution >= 0.6 is 11.6 Å². The zero-order valence-electron chi connectivity index (χ0n) is 14.0. The number of esters is 1. The monoisotopic (exact) mass is 369 g/mol. The summed E-state index contributed by atoms with van der Waals surface area (Å²) < 4.78 is 10.1. The number of methoxy groups -OCH3 is 1. The molecule has 3 aromatic carbocycles. The van der Waals surface area contributed by atoms with Crippen molar-refractivity contribution in [1.82, 2.24) is 0 Å². The minimum absolute atomic E-state index is 0.374. The first-order valence-electron chi connectivity index (χ1n) is 7.86. The van der Waals surface area contributed by atoms with Crippen molar-refractivity contribution in [2.24, 2.45) is 0 Å². The molecular weight excluding hydrogens is 354 g/mol. The standard InChI is InChI=1S/C20H16ClNO4/c1-25-18-9-8-16(11-17(18)21)22-19(23)12-26-20(24)15-7-6-13-4-2-3-5-14(13)10-15/h2-11H,12H2,1H3,(H,22,23). The van der Waals surface area contributed by atoms with Gasteiger partial charge < -0.3 is 14.8 Å². The highest BCUT2D eigenvalue weighted by molar-refractivity contribution is 6.32. The fraction of sp³-hybridized carbons (Fsp3) is 0.100. The van der Waals surface area contributed by atoms with Crippen molar-refractivity contribution in [1.29, 1.82) is 0 Å². The number of ether oxygens (including phenoxy) is 2. The van der Waals surface area contributed by atoms with Crippen LogP contribution < -0.4 is 10.1 Å². The van der Waals surface area contributed by atoms with Gasteiger partial charge >= 0.3 is 5.97 Å². The fourth-order valence-electron chi connectivity index (χ4n) is 2.47. The largest absolute Gasteiger partial charge is 0.495 e. The van der Waals surface area contributed by atoms with Gasteiger partial charge in [-0.15, -0.1) is 0 Å². The Kier molecular flexibility index (Phi) is 5.39. The molecule has 3 rings (SSSR count). The SMILES string of the molecule is COc1ccc(NC(=O)COC(=O)c2ccc3ccccc3c2)cc1Cl. The summed E-state index contributed by atoms with van der Waals surface area (Å²) in [6.07, 6.45) is 0. The summed E-state index contributed by atoms with van der Waals surface area (Å²) in [6, 6.07) is 17.8. The lowest BCUT2D eigenvalue weighted by atomic mass is 10.1. The Morgan fingerprint density at radius 3 is 2.50 bits per heavy atom. The molecule has 0 saturated carbocycles. The van der Waals surface area contributed by atoms with Gasteiger partial charge in [-0.2, -0.15) is 0 Å². The van der Waals surface area contributed by atoms with E-state index in [1.165, 1.54) is 7.11 Å². The Bertz CT molecular complexity index is 971. The number of hydrogen-bond donors (Lipinski definition) is 1. The van der Waals surface area contributed by atoms with Crippen LogP contribution in [0.4, 0.5) is 5.69 Å². The van der Waals surface area contributed by atoms with Crippen LogP contribution in [0, 0.1) is 0 Å². The van der Waals surface area contributed by atoms with Gasteiger partial charge in [-0.05, 0) is 41.1 Å². The molecule has 3 aromatic rings. The van der Waals surface area contributed by atoms with Crippen LogP contribution in [0.1, 0.15) is 10.4 Å². The van der Waals surface area contributed by atoms with Crippen molar-refractivity contribution in [2.75, 3.05) is 19.0 Å². The molecule has 0 saturated heterocycles. The summed E-state index contributed by atoms with van der Waals surface area (Å²) in [5.74, 6) is -0.508. The molecule has 0 aliphatic heterocycles. The molecule has 0 bridgehead atoms. The van der Waals surface area contributed by atoms with Gasteiger partial charge in [0.25, 0.3) is 5.91 Å². The lowest BCUT2D eigenvalue weighted by Gasteiger charge is -2.09. The van der Waals surface area contributed by atoms with E-state index < -0.39 is 18.5 Å². The van der Waals surface area contributed by atoms with Crippen molar-refractivity contribution < 1.29 is 19.1 Å². The van der Waals surface area contributed by atoms with Crippen LogP contribution in [0.15, 0.2) is 60.7 Å². The van der Waals surface area contributed by atoms with E-state index in [1.807, 2.05) is 30.3 Å². The van der Waals surface area contributed by atoms with Gasteiger partial charge in [0.05, 0.1) is 17.7 Å². The second-order valence-electron chi connectivity index (χ2n) is 5.54. The lowest BCUT2D eigenvalue weighted by molar-refractivity contribution is -0.119. The first-order valence-corrected chi connectivity index (χ1v) is 8.24. The molecule has 0 radical (unpaired) electrons. The van der Waals surface area contributed by atoms with E-state index in [2.05, 4.69) is 5.32 Å². The third kappa shape index (κ3) is 4.13. The van der Waals surface area contributed by atoms with E-state index in [0.717, 1.165) is 10.8 Å². The molecule has 0 unspecified atom stereocenters. The van der Waals surface area contributed by atoms with E-state index in [0.29, 0.717) is 22.0 Å². The normalized spacial score (nSPS) is 10.4. The summed E-state index contributed by atoms with van der Waals surface area (Å²) in [7, 11) is 1.51. The molecule has 6 heteroatoms. The first kappa shape index (κ1) is 17.8. The van der Waals surface area contributed by atoms with Crippen molar-refractivity contribution >= 4 is 39.9 Å². The highest BCUT2D eigenvalue weighted by Gasteiger charge is 2.11. The maximum Gasteiger partial charge on any atom is 0.338 e. The van der Waals surface area contributed by atoms with Crippen LogP contribution in [-0.4, -0.2) is 25.6 Å². The Balaban J connectivity index is 1.59. The molecule has 5 nitrogen and oxygen atoms in total. The molecule has 132 valence electrons. The number of nitrogens with one attached hydrogen (secondary N) is 1. The van der Waals surface area contributed by atoms with Gasteiger partial charge in [-0.1, -0.05) is 41.9 Å². The van der Waals surface area contributed by atoms with E-state index in [4.69, 9.17) is 21.1 Å². The summed E-state index contributed by atoms with van der Waals surface area (Å²) >= 11 is 6.01. The topological polar surface area (TPSA) is 64.6 Å². The number of carbonyl (C=O) groups is 2. The maximum absolute atomic E-state index is 12.1. The summed E-state index contributed by atoms with van der Waals surface area (Å²) in [5, 5.41) is 4.94. The third-order valence-electron chi connectivity index (χ3n) is 3.76. The predicted molar refractivity (Wildman–Crippen MR) is 101 cm³/mol. The third-order valence-corrected chi connectivity index (χ3v) is 4.05. The molecule has 0 aromatic heterocycles. The number of anilines is 1. The van der Waals surface area contributed by atoms with Crippen molar-refractivity contribution in [3.05, 3.63) is 71.2 Å². The van der Waals surface area contributed by atoms with Crippen LogP contribution in [0.3, 0.4) is 0 Å². The van der Waals surface area contributed by atoms with Crippen molar-refractivity contribution in [3.8, 4) is 5.75 Å². The number of amides is 1. The maximum atomic E-state index is 12.1. The smallest absolute Gasteiger partial charge is 0.338 e. The lowest BCUT2D eigenvalue weighted by Crippen LogP contribution is -2.20. The van der Waals surface area contributed by atoms with Gasteiger partial charge in [-0.25, -0.2) is 4.79 Å². The second-order valence-corrected chi connectivity index (χ2v) is 5.94. The Hall–Kier alpha value is -3.05. The quantitative estimate of drug-likeness (QED) is 0.681. The van der Waals surface area contributed by atoms with Gasteiger partial charge in [0.2, 0.25) is 0 Å². The summed E-state index contributed by atoms with van der Waals surface area (Å²) in [4.78, 5) is 24.1. The van der Waals surface area contributed by atoms with Gasteiger partial charge in [0.1, 0.15) is 5.75 Å². The van der Waals surface area contributed by atoms with Crippen LogP contribution in [-0.2, 0) is 9.53 Å². The Labute approximate surface area is 155 Å². The molecule has 0 spiro atoms. The van der Waals surface area contributed by atoms with Crippen LogP contribution in [0.5, 0.6) is 5.75 Å². The number of carbonyl (C=O) groups excluding carboxylic acids is 2. The van der Waals surface area contributed by atoms with E-state index in [9.17, 15) is 9.59 Å². The van der Waals surface area contributed by atoms with Gasteiger partial charge in [-0.3, -0.25) is 4.79 Å². The van der Waals surface area contributed by atoms with Crippen LogP contribution in [0.25, 0.3) is 10.8 Å². The number of hydrogen-bond acceptors (Lipinski definition) is 4. The molecule has 0 aliphatic rings. The summed E-state index contributed by atoms with van der Waals surface area (Å²) in [6.45, 7) is -0.394. The minimum atomic E-state index is -0.557. The first-order chi connectivity index (χ1) is 12.6. The van der Waals surface area contributed by atoms with Crippen molar-refractivity contribution in [3.63, 3.8) is 0 Å². The van der Waals surface area contributed by atoms with E-state index in [1.54, 1.807) is 30.3 Å². The molecule has 0 fully saturated rings. The Morgan fingerprint density at radius 1 is 1.00 bits per heavy atom. The number of benzene rings is 3. The number of rotatable bonds is 5. The average molecular weight is 370 g/mol. The molecular formula is C20H16ClNO4. The minimum Gasteiger partial charge on any atom is -0.495 e. The molecule has 1 N–H and O–H groups in total. The second kappa shape index (κ2) is 7.89. The average Bonchev–Trinajstić information content (AvgIpc) is 2.66. The summed E-state index contributed by atoms with van der Waals surface area (Å²) in [5.41, 5.74) is 0.881. The number of fused-ring (bicyclic) bond motifs is 1. The molecule has 0 aliphatic carbocycles. The zero-order valence-corrected chi connectivity index (χ0v) is 14.7. The molecule has 1 amide bonds. The highest BCUT2D eigenvalue weighted by Crippen LogP contribution is 2.27. The van der Waals surface area contributed by atoms with Gasteiger partial charge in [0.15, 0.2) is 6.61 Å². The van der Waals surface area contributed by atoms with E-state index in [-0.39, 0.29) is 0 Å². The number of halogens is 1. The predicted octanol–water partition coefficient (Wildman–Crippen LogP) is 4.30. The molecule has 0 heterocycles. The Morgan fingerprint density at radius 2 is 1.77 bits per heavy atom. The molecule has 26 heavy (non-hydrogen) atoms. The fourth-order valence-corrected chi connectivity index (χ4v) is 2.73. The van der Waals surface area contributed by atoms with Crippen LogP contribution in [0.2, 0.25) is 5.02 Å². The highest BCUT2D eigenvalue weighted by atomic mass is 35.5. The van der Waals surface area contributed by atoms with Crippen molar-refractivity contribution in [2.45, 2.75) is 0 Å². The zero-order chi connectivity index (χ0) is 18.5.